The van der Waals surface area contributed by atoms with E-state index in [4.69, 9.17) is 16.3 Å². The zero-order valence-electron chi connectivity index (χ0n) is 8.54. The predicted molar refractivity (Wildman–Crippen MR) is 54.5 cm³/mol. The summed E-state index contributed by atoms with van der Waals surface area (Å²) < 4.78 is 29.4. The molecule has 0 saturated carbocycles. The number of halogens is 3. The van der Waals surface area contributed by atoms with Gasteiger partial charge in [-0.3, -0.25) is 4.79 Å². The molecule has 0 radical (unpaired) electrons. The molecule has 6 heteroatoms. The van der Waals surface area contributed by atoms with Crippen LogP contribution in [0.2, 0.25) is 5.15 Å². The summed E-state index contributed by atoms with van der Waals surface area (Å²) in [5.74, 6) is -0.481. The van der Waals surface area contributed by atoms with Crippen LogP contribution < -0.4 is 0 Å². The molecule has 1 aromatic rings. The highest BCUT2D eigenvalue weighted by Gasteiger charge is 2.13. The number of aromatic nitrogens is 1. The number of hydrogen-bond donors (Lipinski definition) is 0. The lowest BCUT2D eigenvalue weighted by atomic mass is 10.1. The van der Waals surface area contributed by atoms with Crippen molar-refractivity contribution >= 4 is 17.6 Å². The molecule has 16 heavy (non-hydrogen) atoms. The second-order valence-electron chi connectivity index (χ2n) is 3.01. The number of nitrogens with zero attached hydrogens (tertiary/aromatic N) is 1. The van der Waals surface area contributed by atoms with E-state index in [2.05, 4.69) is 4.98 Å². The number of esters is 1. The van der Waals surface area contributed by atoms with Crippen molar-refractivity contribution in [3.8, 4) is 0 Å². The van der Waals surface area contributed by atoms with E-state index < -0.39 is 18.1 Å². The fourth-order valence-corrected chi connectivity index (χ4v) is 1.40. The maximum Gasteiger partial charge on any atom is 0.310 e. The Bertz CT molecular complexity index is 385. The van der Waals surface area contributed by atoms with E-state index in [1.165, 1.54) is 6.07 Å². The first-order valence-corrected chi connectivity index (χ1v) is 5.01. The van der Waals surface area contributed by atoms with Crippen molar-refractivity contribution in [2.24, 2.45) is 0 Å². The van der Waals surface area contributed by atoms with Crippen LogP contribution in [0.5, 0.6) is 0 Å². The van der Waals surface area contributed by atoms with Gasteiger partial charge in [-0.05, 0) is 24.6 Å². The quantitative estimate of drug-likeness (QED) is 0.608. The summed E-state index contributed by atoms with van der Waals surface area (Å²) in [6.07, 6.45) is -2.80. The van der Waals surface area contributed by atoms with E-state index in [1.54, 1.807) is 6.92 Å². The molecule has 0 fully saturated rings. The summed E-state index contributed by atoms with van der Waals surface area (Å²) in [5, 5.41) is -0.0582. The summed E-state index contributed by atoms with van der Waals surface area (Å²) >= 11 is 5.56. The standard InChI is InChI=1S/C10H10ClF2NO2/c1-2-16-9(15)5-6-3-7(10(12)13)14-8(11)4-6/h3-4,10H,2,5H2,1H3. The molecule has 0 aliphatic rings. The molecule has 1 rings (SSSR count). The lowest BCUT2D eigenvalue weighted by molar-refractivity contribution is -0.142. The van der Waals surface area contributed by atoms with E-state index in [-0.39, 0.29) is 18.2 Å². The van der Waals surface area contributed by atoms with Crippen LogP contribution >= 0.6 is 11.6 Å². The first kappa shape index (κ1) is 12.8. The van der Waals surface area contributed by atoms with E-state index >= 15 is 0 Å². The van der Waals surface area contributed by atoms with Crippen LogP contribution in [0.4, 0.5) is 8.78 Å². The third-order valence-electron chi connectivity index (χ3n) is 1.75. The van der Waals surface area contributed by atoms with Gasteiger partial charge in [-0.15, -0.1) is 0 Å². The topological polar surface area (TPSA) is 39.2 Å². The highest BCUT2D eigenvalue weighted by molar-refractivity contribution is 6.29. The number of carbonyl (C=O) groups is 1. The van der Waals surface area contributed by atoms with Gasteiger partial charge in [-0.2, -0.15) is 0 Å². The molecule has 0 aliphatic heterocycles. The summed E-state index contributed by atoms with van der Waals surface area (Å²) in [5.41, 5.74) is -0.0689. The van der Waals surface area contributed by atoms with Gasteiger partial charge in [0, 0.05) is 0 Å². The molecule has 0 amide bonds. The number of pyridine rings is 1. The van der Waals surface area contributed by atoms with Crippen molar-refractivity contribution in [1.29, 1.82) is 0 Å². The van der Waals surface area contributed by atoms with Crippen molar-refractivity contribution in [3.05, 3.63) is 28.5 Å². The lowest BCUT2D eigenvalue weighted by Gasteiger charge is -2.05. The molecule has 0 aromatic carbocycles. The van der Waals surface area contributed by atoms with Crippen LogP contribution in [0.15, 0.2) is 12.1 Å². The third-order valence-corrected chi connectivity index (χ3v) is 1.94. The van der Waals surface area contributed by atoms with Gasteiger partial charge in [0.2, 0.25) is 0 Å². The van der Waals surface area contributed by atoms with Crippen molar-refractivity contribution < 1.29 is 18.3 Å². The first-order valence-electron chi connectivity index (χ1n) is 4.63. The van der Waals surface area contributed by atoms with Gasteiger partial charge in [-0.1, -0.05) is 11.6 Å². The molecule has 0 atom stereocenters. The Labute approximate surface area is 96.4 Å². The summed E-state index contributed by atoms with van der Waals surface area (Å²) in [6.45, 7) is 1.92. The minimum atomic E-state index is -2.71. The molecular weight excluding hydrogens is 240 g/mol. The van der Waals surface area contributed by atoms with Crippen molar-refractivity contribution in [3.63, 3.8) is 0 Å². The van der Waals surface area contributed by atoms with Gasteiger partial charge in [0.05, 0.1) is 13.0 Å². The van der Waals surface area contributed by atoms with Crippen LogP contribution in [0.3, 0.4) is 0 Å². The van der Waals surface area contributed by atoms with Crippen molar-refractivity contribution in [1.82, 2.24) is 4.98 Å². The number of alkyl halides is 2. The second-order valence-corrected chi connectivity index (χ2v) is 3.39. The van der Waals surface area contributed by atoms with Crippen LogP contribution in [0, 0.1) is 0 Å². The molecule has 0 aliphatic carbocycles. The molecular formula is C10H10ClF2NO2. The Kier molecular flexibility index (Phi) is 4.61. The van der Waals surface area contributed by atoms with Crippen LogP contribution in [-0.4, -0.2) is 17.6 Å². The van der Waals surface area contributed by atoms with Crippen LogP contribution in [-0.2, 0) is 16.0 Å². The minimum absolute atomic E-state index is 0.0582. The van der Waals surface area contributed by atoms with E-state index in [9.17, 15) is 13.6 Å². The normalized spacial score (nSPS) is 10.6. The highest BCUT2D eigenvalue weighted by atomic mass is 35.5. The fraction of sp³-hybridized carbons (Fsp3) is 0.400. The Hall–Kier alpha value is -1.23. The van der Waals surface area contributed by atoms with Gasteiger partial charge in [0.1, 0.15) is 10.8 Å². The lowest BCUT2D eigenvalue weighted by Crippen LogP contribution is -2.08. The summed E-state index contributed by atoms with van der Waals surface area (Å²) in [4.78, 5) is 14.6. The first-order chi connectivity index (χ1) is 7.52. The third kappa shape index (κ3) is 3.73. The predicted octanol–water partition coefficient (Wildman–Crippen LogP) is 2.78. The Morgan fingerprint density at radius 2 is 2.25 bits per heavy atom. The van der Waals surface area contributed by atoms with Gasteiger partial charge >= 0.3 is 5.97 Å². The van der Waals surface area contributed by atoms with Gasteiger partial charge in [0.15, 0.2) is 0 Å². The minimum Gasteiger partial charge on any atom is -0.466 e. The van der Waals surface area contributed by atoms with Crippen LogP contribution in [0.25, 0.3) is 0 Å². The zero-order valence-corrected chi connectivity index (χ0v) is 9.30. The Morgan fingerprint density at radius 3 is 2.81 bits per heavy atom. The molecule has 0 bridgehead atoms. The van der Waals surface area contributed by atoms with Crippen LogP contribution in [0.1, 0.15) is 24.6 Å². The zero-order chi connectivity index (χ0) is 12.1. The monoisotopic (exact) mass is 249 g/mol. The number of rotatable bonds is 4. The number of carbonyl (C=O) groups excluding carboxylic acids is 1. The van der Waals surface area contributed by atoms with Gasteiger partial charge in [0.25, 0.3) is 6.43 Å². The van der Waals surface area contributed by atoms with Crippen molar-refractivity contribution in [2.75, 3.05) is 6.61 Å². The Morgan fingerprint density at radius 1 is 1.56 bits per heavy atom. The van der Waals surface area contributed by atoms with Crippen molar-refractivity contribution in [2.45, 2.75) is 19.8 Å². The maximum atomic E-state index is 12.4. The van der Waals surface area contributed by atoms with E-state index in [0.717, 1.165) is 6.07 Å². The molecule has 0 saturated heterocycles. The second kappa shape index (κ2) is 5.75. The largest absolute Gasteiger partial charge is 0.466 e. The fourth-order valence-electron chi connectivity index (χ4n) is 1.17. The molecule has 0 unspecified atom stereocenters. The number of ether oxygens (including phenoxy) is 1. The SMILES string of the molecule is CCOC(=O)Cc1cc(Cl)nc(C(F)F)c1. The summed E-state index contributed by atoms with van der Waals surface area (Å²) in [7, 11) is 0. The molecule has 88 valence electrons. The average Bonchev–Trinajstić information content (AvgIpc) is 2.16. The molecule has 3 nitrogen and oxygen atoms in total. The van der Waals surface area contributed by atoms with Gasteiger partial charge in [-0.25, -0.2) is 13.8 Å². The molecule has 1 aromatic heterocycles. The number of hydrogen-bond acceptors (Lipinski definition) is 3. The highest BCUT2D eigenvalue weighted by Crippen LogP contribution is 2.20. The maximum absolute atomic E-state index is 12.4. The average molecular weight is 250 g/mol. The molecule has 0 spiro atoms. The summed E-state index contributed by atoms with van der Waals surface area (Å²) in [6, 6.07) is 2.51. The van der Waals surface area contributed by atoms with Gasteiger partial charge < -0.3 is 4.74 Å². The van der Waals surface area contributed by atoms with E-state index in [1.807, 2.05) is 0 Å². The molecule has 1 heterocycles. The molecule has 0 N–H and O–H groups in total. The Balaban J connectivity index is 2.84. The van der Waals surface area contributed by atoms with E-state index in [0.29, 0.717) is 5.56 Å². The smallest absolute Gasteiger partial charge is 0.310 e.